The predicted molar refractivity (Wildman–Crippen MR) is 72.4 cm³/mol. The summed E-state index contributed by atoms with van der Waals surface area (Å²) in [5.41, 5.74) is 0.208. The number of Topliss-reactive ketones (excluding diaryl/α,β-unsaturated/α-hetero) is 1. The van der Waals surface area contributed by atoms with Crippen molar-refractivity contribution >= 4 is 5.78 Å². The summed E-state index contributed by atoms with van der Waals surface area (Å²) in [6, 6.07) is 6.18. The number of ketones is 1. The molecule has 0 heterocycles. The van der Waals surface area contributed by atoms with Crippen LogP contribution in [-0.2, 0) is 0 Å². The van der Waals surface area contributed by atoms with Crippen LogP contribution in [0.2, 0.25) is 0 Å². The number of benzene rings is 1. The number of carbonyl (C=O) groups is 1. The van der Waals surface area contributed by atoms with E-state index in [1.165, 1.54) is 18.9 Å². The highest BCUT2D eigenvalue weighted by Gasteiger charge is 2.11. The summed E-state index contributed by atoms with van der Waals surface area (Å²) in [5, 5.41) is 0. The Kier molecular flexibility index (Phi) is 6.58. The second kappa shape index (κ2) is 7.98. The van der Waals surface area contributed by atoms with Crippen molar-refractivity contribution in [3.05, 3.63) is 35.6 Å². The molecule has 0 spiro atoms. The zero-order chi connectivity index (χ0) is 13.4. The Balaban J connectivity index is 2.35. The van der Waals surface area contributed by atoms with Gasteiger partial charge in [-0.1, -0.05) is 31.9 Å². The van der Waals surface area contributed by atoms with Gasteiger partial charge in [0.1, 0.15) is 5.82 Å². The molecule has 0 aromatic heterocycles. The summed E-state index contributed by atoms with van der Waals surface area (Å²) in [7, 11) is 2.00. The third kappa shape index (κ3) is 4.96. The summed E-state index contributed by atoms with van der Waals surface area (Å²) < 4.78 is 13.4. The fourth-order valence-corrected chi connectivity index (χ4v) is 1.86. The van der Waals surface area contributed by atoms with Gasteiger partial charge in [-0.15, -0.1) is 0 Å². The first-order chi connectivity index (χ1) is 8.65. The Morgan fingerprint density at radius 3 is 2.61 bits per heavy atom. The molecule has 2 nitrogen and oxygen atoms in total. The maximum atomic E-state index is 13.4. The Bertz CT molecular complexity index is 379. The largest absolute Gasteiger partial charge is 0.306 e. The number of carbonyl (C=O) groups excluding carboxylic acids is 1. The van der Waals surface area contributed by atoms with Gasteiger partial charge >= 0.3 is 0 Å². The highest BCUT2D eigenvalue weighted by Crippen LogP contribution is 2.09. The van der Waals surface area contributed by atoms with Crippen molar-refractivity contribution < 1.29 is 9.18 Å². The lowest BCUT2D eigenvalue weighted by Crippen LogP contribution is -2.23. The van der Waals surface area contributed by atoms with Crippen LogP contribution in [0.3, 0.4) is 0 Å². The Morgan fingerprint density at radius 1 is 1.22 bits per heavy atom. The monoisotopic (exact) mass is 251 g/mol. The minimum absolute atomic E-state index is 0.115. The van der Waals surface area contributed by atoms with Gasteiger partial charge in [0.2, 0.25) is 0 Å². The molecule has 18 heavy (non-hydrogen) atoms. The van der Waals surface area contributed by atoms with E-state index in [-0.39, 0.29) is 11.3 Å². The Morgan fingerprint density at radius 2 is 1.94 bits per heavy atom. The maximum absolute atomic E-state index is 13.4. The smallest absolute Gasteiger partial charge is 0.167 e. The molecule has 0 N–H and O–H groups in total. The number of unbranched alkanes of at least 4 members (excludes halogenated alkanes) is 2. The molecule has 0 amide bonds. The molecule has 3 heteroatoms. The van der Waals surface area contributed by atoms with Crippen molar-refractivity contribution in [2.24, 2.45) is 0 Å². The average molecular weight is 251 g/mol. The molecule has 0 aliphatic rings. The second-order valence-corrected chi connectivity index (χ2v) is 4.66. The minimum atomic E-state index is -0.420. The fourth-order valence-electron chi connectivity index (χ4n) is 1.86. The molecule has 0 unspecified atom stereocenters. The van der Waals surface area contributed by atoms with Crippen LogP contribution < -0.4 is 0 Å². The van der Waals surface area contributed by atoms with E-state index in [4.69, 9.17) is 0 Å². The minimum Gasteiger partial charge on any atom is -0.306 e. The van der Waals surface area contributed by atoms with Gasteiger partial charge < -0.3 is 4.90 Å². The number of halogens is 1. The van der Waals surface area contributed by atoms with Crippen LogP contribution in [0.15, 0.2) is 24.3 Å². The van der Waals surface area contributed by atoms with Gasteiger partial charge in [0.15, 0.2) is 5.78 Å². The van der Waals surface area contributed by atoms with E-state index < -0.39 is 5.82 Å². The molecule has 0 aliphatic heterocycles. The zero-order valence-electron chi connectivity index (χ0n) is 11.3. The van der Waals surface area contributed by atoms with E-state index in [1.54, 1.807) is 18.2 Å². The lowest BCUT2D eigenvalue weighted by molar-refractivity contribution is 0.0965. The molecule has 1 aromatic rings. The normalized spacial score (nSPS) is 10.9. The van der Waals surface area contributed by atoms with E-state index in [0.717, 1.165) is 13.0 Å². The van der Waals surface area contributed by atoms with Crippen LogP contribution >= 0.6 is 0 Å². The molecule has 0 atom stereocenters. The lowest BCUT2D eigenvalue weighted by Gasteiger charge is -2.15. The van der Waals surface area contributed by atoms with E-state index >= 15 is 0 Å². The molecule has 0 saturated heterocycles. The van der Waals surface area contributed by atoms with Crippen LogP contribution in [-0.4, -0.2) is 30.8 Å². The Labute approximate surface area is 109 Å². The summed E-state index contributed by atoms with van der Waals surface area (Å²) in [6.07, 6.45) is 3.94. The van der Waals surface area contributed by atoms with Crippen LogP contribution in [0, 0.1) is 5.82 Å². The maximum Gasteiger partial charge on any atom is 0.167 e. The molecular formula is C15H22FNO. The molecule has 1 rings (SSSR count). The van der Waals surface area contributed by atoms with E-state index in [2.05, 4.69) is 11.8 Å². The number of hydrogen-bond donors (Lipinski definition) is 0. The molecule has 0 radical (unpaired) electrons. The SMILES string of the molecule is CCCCCN(C)CCC(=O)c1ccccc1F. The van der Waals surface area contributed by atoms with Gasteiger partial charge in [-0.2, -0.15) is 0 Å². The van der Waals surface area contributed by atoms with Gasteiger partial charge in [0.05, 0.1) is 5.56 Å². The summed E-state index contributed by atoms with van der Waals surface area (Å²) in [4.78, 5) is 14.0. The molecule has 0 saturated carbocycles. The first-order valence-corrected chi connectivity index (χ1v) is 6.61. The predicted octanol–water partition coefficient (Wildman–Crippen LogP) is 3.52. The van der Waals surface area contributed by atoms with Crippen molar-refractivity contribution in [3.8, 4) is 0 Å². The van der Waals surface area contributed by atoms with Gasteiger partial charge in [0.25, 0.3) is 0 Å². The molecule has 0 aliphatic carbocycles. The third-order valence-electron chi connectivity index (χ3n) is 3.04. The number of hydrogen-bond acceptors (Lipinski definition) is 2. The van der Waals surface area contributed by atoms with Crippen molar-refractivity contribution in [1.29, 1.82) is 0 Å². The fraction of sp³-hybridized carbons (Fsp3) is 0.533. The summed E-state index contributed by atoms with van der Waals surface area (Å²) in [6.45, 7) is 3.86. The van der Waals surface area contributed by atoms with E-state index in [9.17, 15) is 9.18 Å². The van der Waals surface area contributed by atoms with Crippen molar-refractivity contribution in [2.45, 2.75) is 32.6 Å². The highest BCUT2D eigenvalue weighted by atomic mass is 19.1. The topological polar surface area (TPSA) is 20.3 Å². The van der Waals surface area contributed by atoms with Crippen LogP contribution in [0.5, 0.6) is 0 Å². The average Bonchev–Trinajstić information content (AvgIpc) is 2.37. The molecule has 0 bridgehead atoms. The molecule has 100 valence electrons. The zero-order valence-corrected chi connectivity index (χ0v) is 11.3. The van der Waals surface area contributed by atoms with Crippen molar-refractivity contribution in [1.82, 2.24) is 4.90 Å². The summed E-state index contributed by atoms with van der Waals surface area (Å²) in [5.74, 6) is -0.536. The third-order valence-corrected chi connectivity index (χ3v) is 3.04. The van der Waals surface area contributed by atoms with Crippen molar-refractivity contribution in [3.63, 3.8) is 0 Å². The van der Waals surface area contributed by atoms with Gasteiger partial charge in [0, 0.05) is 13.0 Å². The van der Waals surface area contributed by atoms with Gasteiger partial charge in [-0.25, -0.2) is 4.39 Å². The highest BCUT2D eigenvalue weighted by molar-refractivity contribution is 5.96. The van der Waals surface area contributed by atoms with Crippen LogP contribution in [0.1, 0.15) is 43.0 Å². The number of rotatable bonds is 8. The molecule has 0 fully saturated rings. The lowest BCUT2D eigenvalue weighted by atomic mass is 10.1. The number of nitrogens with zero attached hydrogens (tertiary/aromatic N) is 1. The quantitative estimate of drug-likeness (QED) is 0.520. The molecule has 1 aromatic carbocycles. The summed E-state index contributed by atoms with van der Waals surface area (Å²) >= 11 is 0. The van der Waals surface area contributed by atoms with E-state index in [0.29, 0.717) is 13.0 Å². The molecular weight excluding hydrogens is 229 g/mol. The van der Waals surface area contributed by atoms with Gasteiger partial charge in [-0.3, -0.25) is 4.79 Å². The second-order valence-electron chi connectivity index (χ2n) is 4.66. The van der Waals surface area contributed by atoms with Crippen LogP contribution in [0.4, 0.5) is 4.39 Å². The van der Waals surface area contributed by atoms with Crippen LogP contribution in [0.25, 0.3) is 0 Å². The van der Waals surface area contributed by atoms with E-state index in [1.807, 2.05) is 7.05 Å². The van der Waals surface area contributed by atoms with Gasteiger partial charge in [-0.05, 0) is 32.1 Å². The first kappa shape index (κ1) is 14.8. The van der Waals surface area contributed by atoms with Crippen molar-refractivity contribution in [2.75, 3.05) is 20.1 Å². The standard InChI is InChI=1S/C15H22FNO/c1-3-4-7-11-17(2)12-10-15(18)13-8-5-6-9-14(13)16/h5-6,8-9H,3-4,7,10-12H2,1-2H3. The first-order valence-electron chi connectivity index (χ1n) is 6.61. The Hall–Kier alpha value is -1.22.